The van der Waals surface area contributed by atoms with Crippen LogP contribution in [0.25, 0.3) is 0 Å². The molecule has 1 saturated carbocycles. The molecule has 3 saturated heterocycles. The third kappa shape index (κ3) is 4.39. The summed E-state index contributed by atoms with van der Waals surface area (Å²) in [4.78, 5) is 0. The summed E-state index contributed by atoms with van der Waals surface area (Å²) in [6.07, 6.45) is 4.19. The summed E-state index contributed by atoms with van der Waals surface area (Å²) in [5, 5.41) is 7.35. The van der Waals surface area contributed by atoms with Gasteiger partial charge in [-0.2, -0.15) is 0 Å². The summed E-state index contributed by atoms with van der Waals surface area (Å²) in [5.74, 6) is 0.533. The lowest BCUT2D eigenvalue weighted by molar-refractivity contribution is 0.0967. The molecule has 162 valence electrons. The van der Waals surface area contributed by atoms with E-state index in [1.54, 1.807) is 6.92 Å². The van der Waals surface area contributed by atoms with Crippen LogP contribution in [0.1, 0.15) is 32.6 Å². The maximum atomic E-state index is 13.0. The molecule has 6 unspecified atom stereocenters. The molecule has 1 aliphatic carbocycles. The van der Waals surface area contributed by atoms with Gasteiger partial charge in [0.2, 0.25) is 10.0 Å². The minimum Gasteiger partial charge on any atom is -0.380 e. The Bertz CT molecular complexity index is 633. The number of fused-ring (bicyclic) bond motifs is 2. The summed E-state index contributed by atoms with van der Waals surface area (Å²) < 4.78 is 34.7. The SMILES string of the molecule is CC(CNC1CNN2CCCOCC12)S(=O)(=O)NC1CCCC2CNN(C)C21. The zero-order valence-electron chi connectivity index (χ0n) is 17.1. The second kappa shape index (κ2) is 8.81. The normalized spacial score (nSPS) is 38.7. The van der Waals surface area contributed by atoms with Gasteiger partial charge in [-0.1, -0.05) is 6.42 Å². The van der Waals surface area contributed by atoms with Gasteiger partial charge >= 0.3 is 0 Å². The number of rotatable bonds is 6. The molecular formula is C18H36N6O3S. The Labute approximate surface area is 168 Å². The van der Waals surface area contributed by atoms with Crippen molar-refractivity contribution in [1.82, 2.24) is 30.9 Å². The topological polar surface area (TPSA) is 98.0 Å². The fourth-order valence-corrected chi connectivity index (χ4v) is 6.44. The van der Waals surface area contributed by atoms with Crippen LogP contribution in [0, 0.1) is 5.92 Å². The van der Waals surface area contributed by atoms with E-state index in [4.69, 9.17) is 4.74 Å². The highest BCUT2D eigenvalue weighted by Crippen LogP contribution is 2.31. The Kier molecular flexibility index (Phi) is 6.58. The van der Waals surface area contributed by atoms with Gasteiger partial charge in [0.1, 0.15) is 0 Å². The highest BCUT2D eigenvalue weighted by atomic mass is 32.2. The second-order valence-corrected chi connectivity index (χ2v) is 10.9. The largest absolute Gasteiger partial charge is 0.380 e. The highest BCUT2D eigenvalue weighted by molar-refractivity contribution is 7.90. The number of ether oxygens (including phenoxy) is 1. The molecular weight excluding hydrogens is 380 g/mol. The molecule has 0 aromatic heterocycles. The highest BCUT2D eigenvalue weighted by Gasteiger charge is 2.42. The van der Waals surface area contributed by atoms with Crippen molar-refractivity contribution in [3.05, 3.63) is 0 Å². The van der Waals surface area contributed by atoms with E-state index < -0.39 is 15.3 Å². The van der Waals surface area contributed by atoms with E-state index in [0.29, 0.717) is 19.1 Å². The average Bonchev–Trinajstić information content (AvgIpc) is 3.15. The summed E-state index contributed by atoms with van der Waals surface area (Å²) in [6, 6.07) is 0.715. The Morgan fingerprint density at radius 3 is 2.89 bits per heavy atom. The quantitative estimate of drug-likeness (QED) is 0.431. The van der Waals surface area contributed by atoms with Crippen molar-refractivity contribution in [3.8, 4) is 0 Å². The van der Waals surface area contributed by atoms with Crippen molar-refractivity contribution in [2.75, 3.05) is 46.4 Å². The van der Waals surface area contributed by atoms with Gasteiger partial charge in [0.25, 0.3) is 0 Å². The molecule has 4 aliphatic rings. The smallest absolute Gasteiger partial charge is 0.215 e. The molecule has 0 aromatic rings. The Morgan fingerprint density at radius 2 is 2.04 bits per heavy atom. The van der Waals surface area contributed by atoms with Crippen LogP contribution in [0.2, 0.25) is 0 Å². The number of sulfonamides is 1. The number of hydrazine groups is 2. The maximum absolute atomic E-state index is 13.0. The molecule has 3 heterocycles. The van der Waals surface area contributed by atoms with E-state index in [0.717, 1.165) is 45.5 Å². The fourth-order valence-electron chi connectivity index (χ4n) is 5.21. The van der Waals surface area contributed by atoms with E-state index in [1.165, 1.54) is 6.42 Å². The first-order valence-electron chi connectivity index (χ1n) is 10.7. The van der Waals surface area contributed by atoms with Gasteiger partial charge in [-0.15, -0.1) is 0 Å². The summed E-state index contributed by atoms with van der Waals surface area (Å²) in [7, 11) is -1.36. The van der Waals surface area contributed by atoms with Crippen molar-refractivity contribution in [2.45, 2.75) is 62.0 Å². The molecule has 28 heavy (non-hydrogen) atoms. The van der Waals surface area contributed by atoms with Crippen LogP contribution in [0.4, 0.5) is 0 Å². The van der Waals surface area contributed by atoms with Crippen LogP contribution in [-0.2, 0) is 14.8 Å². The van der Waals surface area contributed by atoms with Gasteiger partial charge in [0, 0.05) is 58.0 Å². The first-order valence-corrected chi connectivity index (χ1v) is 12.3. The minimum atomic E-state index is -3.38. The second-order valence-electron chi connectivity index (χ2n) is 8.80. The van der Waals surface area contributed by atoms with Gasteiger partial charge in [-0.05, 0) is 32.1 Å². The van der Waals surface area contributed by atoms with Crippen LogP contribution in [0.5, 0.6) is 0 Å². The molecule has 0 bridgehead atoms. The standard InChI is InChI=1S/C18H36N6O3S/c1-13(9-19-16-11-21-24-7-4-8-27-12-17(16)24)28(25,26)22-15-6-3-5-14-10-20-23(2)18(14)15/h13-22H,3-12H2,1-2H3. The van der Waals surface area contributed by atoms with E-state index >= 15 is 0 Å². The molecule has 4 N–H and O–H groups in total. The summed E-state index contributed by atoms with van der Waals surface area (Å²) in [5.41, 5.74) is 6.78. The van der Waals surface area contributed by atoms with Gasteiger partial charge in [0.15, 0.2) is 0 Å². The number of nitrogens with one attached hydrogen (secondary N) is 4. The molecule has 9 nitrogen and oxygen atoms in total. The summed E-state index contributed by atoms with van der Waals surface area (Å²) in [6.45, 7) is 6.47. The lowest BCUT2D eigenvalue weighted by Crippen LogP contribution is -2.56. The van der Waals surface area contributed by atoms with Crippen molar-refractivity contribution in [3.63, 3.8) is 0 Å². The number of hydrogen-bond acceptors (Lipinski definition) is 8. The van der Waals surface area contributed by atoms with Crippen LogP contribution >= 0.6 is 0 Å². The lowest BCUT2D eigenvalue weighted by atomic mass is 9.82. The number of hydrogen-bond donors (Lipinski definition) is 4. The van der Waals surface area contributed by atoms with E-state index in [1.807, 2.05) is 7.05 Å². The van der Waals surface area contributed by atoms with E-state index in [-0.39, 0.29) is 24.2 Å². The molecule has 6 atom stereocenters. The van der Waals surface area contributed by atoms with Crippen LogP contribution in [0.3, 0.4) is 0 Å². The molecule has 0 radical (unpaired) electrons. The zero-order chi connectivity index (χ0) is 19.7. The first kappa shape index (κ1) is 20.9. The lowest BCUT2D eigenvalue weighted by Gasteiger charge is -2.37. The molecule has 0 aromatic carbocycles. The molecule has 0 amide bonds. The average molecular weight is 417 g/mol. The molecule has 3 aliphatic heterocycles. The van der Waals surface area contributed by atoms with Gasteiger partial charge < -0.3 is 10.1 Å². The Balaban J connectivity index is 1.31. The molecule has 10 heteroatoms. The van der Waals surface area contributed by atoms with Crippen molar-refractivity contribution in [1.29, 1.82) is 0 Å². The zero-order valence-corrected chi connectivity index (χ0v) is 17.9. The van der Waals surface area contributed by atoms with Crippen molar-refractivity contribution < 1.29 is 13.2 Å². The predicted octanol–water partition coefficient (Wildman–Crippen LogP) is -1.15. The molecule has 4 rings (SSSR count). The first-order chi connectivity index (χ1) is 13.5. The predicted molar refractivity (Wildman–Crippen MR) is 108 cm³/mol. The minimum absolute atomic E-state index is 0.00917. The molecule has 4 fully saturated rings. The fraction of sp³-hybridized carbons (Fsp3) is 1.00. The van der Waals surface area contributed by atoms with Gasteiger partial charge in [-0.3, -0.25) is 10.9 Å². The summed E-state index contributed by atoms with van der Waals surface area (Å²) >= 11 is 0. The van der Waals surface area contributed by atoms with E-state index in [9.17, 15) is 8.42 Å². The van der Waals surface area contributed by atoms with Crippen LogP contribution < -0.4 is 20.9 Å². The third-order valence-electron chi connectivity index (χ3n) is 6.90. The van der Waals surface area contributed by atoms with Crippen LogP contribution in [-0.4, -0.2) is 94.3 Å². The van der Waals surface area contributed by atoms with Gasteiger partial charge in [-0.25, -0.2) is 23.2 Å². The third-order valence-corrected chi connectivity index (χ3v) is 8.76. The molecule has 0 spiro atoms. The van der Waals surface area contributed by atoms with Crippen LogP contribution in [0.15, 0.2) is 0 Å². The maximum Gasteiger partial charge on any atom is 0.215 e. The Hall–Kier alpha value is -0.330. The monoisotopic (exact) mass is 416 g/mol. The van der Waals surface area contributed by atoms with E-state index in [2.05, 4.69) is 30.9 Å². The number of likely N-dealkylation sites (N-methyl/N-ethyl adjacent to an activating group) is 1. The van der Waals surface area contributed by atoms with Crippen molar-refractivity contribution in [2.24, 2.45) is 5.92 Å². The number of nitrogens with zero attached hydrogens (tertiary/aromatic N) is 2. The van der Waals surface area contributed by atoms with Crippen molar-refractivity contribution >= 4 is 10.0 Å². The Morgan fingerprint density at radius 1 is 1.18 bits per heavy atom. The van der Waals surface area contributed by atoms with Gasteiger partial charge in [0.05, 0.1) is 17.9 Å².